The van der Waals surface area contributed by atoms with E-state index in [0.717, 1.165) is 18.6 Å². The minimum Gasteiger partial charge on any atom is -0.431 e. The average molecular weight is 240 g/mol. The van der Waals surface area contributed by atoms with Gasteiger partial charge in [-0.25, -0.2) is 0 Å². The molecule has 0 unspecified atom stereocenters. The standard InChI is InChI=1S/C15H28O2/c1-6-8-9-10-11-12-13(7-2)17-14(16)15(3,4)5/h12H,6-11H2,1-5H3. The third-order valence-corrected chi connectivity index (χ3v) is 2.61. The van der Waals surface area contributed by atoms with Crippen molar-refractivity contribution in [1.29, 1.82) is 0 Å². The number of hydrogen-bond donors (Lipinski definition) is 0. The Balaban J connectivity index is 4.06. The molecule has 100 valence electrons. The number of carbonyl (C=O) groups excluding carboxylic acids is 1. The molecule has 0 aliphatic rings. The van der Waals surface area contributed by atoms with Gasteiger partial charge in [0.05, 0.1) is 5.41 Å². The van der Waals surface area contributed by atoms with Crippen LogP contribution in [0, 0.1) is 5.41 Å². The first-order valence-corrected chi connectivity index (χ1v) is 6.83. The average Bonchev–Trinajstić information content (AvgIpc) is 2.25. The predicted octanol–water partition coefficient (Wildman–Crippen LogP) is 4.84. The monoisotopic (exact) mass is 240 g/mol. The van der Waals surface area contributed by atoms with Gasteiger partial charge in [0.1, 0.15) is 5.76 Å². The number of allylic oxidation sites excluding steroid dienone is 2. The Hall–Kier alpha value is -0.790. The van der Waals surface area contributed by atoms with E-state index < -0.39 is 5.41 Å². The summed E-state index contributed by atoms with van der Waals surface area (Å²) < 4.78 is 5.39. The zero-order valence-electron chi connectivity index (χ0n) is 12.1. The van der Waals surface area contributed by atoms with Gasteiger partial charge in [-0.1, -0.05) is 33.1 Å². The molecule has 17 heavy (non-hydrogen) atoms. The highest BCUT2D eigenvalue weighted by Crippen LogP contribution is 2.19. The van der Waals surface area contributed by atoms with Gasteiger partial charge in [0.15, 0.2) is 0 Å². The lowest BCUT2D eigenvalue weighted by molar-refractivity contribution is -0.148. The second kappa shape index (κ2) is 8.32. The van der Waals surface area contributed by atoms with E-state index in [1.165, 1.54) is 25.7 Å². The van der Waals surface area contributed by atoms with Crippen LogP contribution in [0.15, 0.2) is 11.8 Å². The first-order chi connectivity index (χ1) is 7.91. The summed E-state index contributed by atoms with van der Waals surface area (Å²) in [7, 11) is 0. The second-order valence-corrected chi connectivity index (χ2v) is 5.51. The molecule has 0 heterocycles. The Morgan fingerprint density at radius 1 is 1.12 bits per heavy atom. The summed E-state index contributed by atoms with van der Waals surface area (Å²) in [4.78, 5) is 11.7. The van der Waals surface area contributed by atoms with Crippen LogP contribution in [0.2, 0.25) is 0 Å². The van der Waals surface area contributed by atoms with Gasteiger partial charge in [0.2, 0.25) is 0 Å². The molecule has 0 saturated heterocycles. The van der Waals surface area contributed by atoms with E-state index in [2.05, 4.69) is 13.0 Å². The summed E-state index contributed by atoms with van der Waals surface area (Å²) >= 11 is 0. The third kappa shape index (κ3) is 8.00. The quantitative estimate of drug-likeness (QED) is 0.361. The fraction of sp³-hybridized carbons (Fsp3) is 0.800. The maximum Gasteiger partial charge on any atom is 0.316 e. The van der Waals surface area contributed by atoms with Crippen molar-refractivity contribution in [3.8, 4) is 0 Å². The summed E-state index contributed by atoms with van der Waals surface area (Å²) in [5, 5.41) is 0. The first kappa shape index (κ1) is 16.2. The summed E-state index contributed by atoms with van der Waals surface area (Å²) in [6, 6.07) is 0. The lowest BCUT2D eigenvalue weighted by Gasteiger charge is -2.17. The fourth-order valence-corrected chi connectivity index (χ4v) is 1.36. The number of unbranched alkanes of at least 4 members (excludes halogenated alkanes) is 4. The molecule has 0 aliphatic carbocycles. The van der Waals surface area contributed by atoms with Crippen molar-refractivity contribution >= 4 is 5.97 Å². The smallest absolute Gasteiger partial charge is 0.316 e. The van der Waals surface area contributed by atoms with Crippen LogP contribution in [0.1, 0.15) is 73.1 Å². The van der Waals surface area contributed by atoms with Gasteiger partial charge < -0.3 is 4.74 Å². The number of rotatable bonds is 7. The van der Waals surface area contributed by atoms with Gasteiger partial charge >= 0.3 is 5.97 Å². The third-order valence-electron chi connectivity index (χ3n) is 2.61. The lowest BCUT2D eigenvalue weighted by Crippen LogP contribution is -2.22. The highest BCUT2D eigenvalue weighted by Gasteiger charge is 2.23. The topological polar surface area (TPSA) is 26.3 Å². The van der Waals surface area contributed by atoms with Crippen LogP contribution in [0.3, 0.4) is 0 Å². The summed E-state index contributed by atoms with van der Waals surface area (Å²) in [6.07, 6.45) is 8.86. The highest BCUT2D eigenvalue weighted by atomic mass is 16.5. The van der Waals surface area contributed by atoms with E-state index in [1.807, 2.05) is 27.7 Å². The van der Waals surface area contributed by atoms with Gasteiger partial charge in [-0.15, -0.1) is 0 Å². The Morgan fingerprint density at radius 3 is 2.24 bits per heavy atom. The predicted molar refractivity (Wildman–Crippen MR) is 72.7 cm³/mol. The van der Waals surface area contributed by atoms with Crippen molar-refractivity contribution < 1.29 is 9.53 Å². The molecule has 0 rings (SSSR count). The van der Waals surface area contributed by atoms with Crippen LogP contribution in [-0.2, 0) is 9.53 Å². The van der Waals surface area contributed by atoms with Crippen LogP contribution in [0.25, 0.3) is 0 Å². The van der Waals surface area contributed by atoms with Gasteiger partial charge in [-0.05, 0) is 39.7 Å². The molecule has 2 heteroatoms. The van der Waals surface area contributed by atoms with Crippen LogP contribution in [0.5, 0.6) is 0 Å². The van der Waals surface area contributed by atoms with Crippen LogP contribution < -0.4 is 0 Å². The Labute approximate surface area is 106 Å². The normalized spacial score (nSPS) is 12.6. The van der Waals surface area contributed by atoms with Crippen LogP contribution >= 0.6 is 0 Å². The SMILES string of the molecule is CCCCCCC=C(CC)OC(=O)C(C)(C)C. The number of hydrogen-bond acceptors (Lipinski definition) is 2. The van der Waals surface area contributed by atoms with Crippen LogP contribution in [-0.4, -0.2) is 5.97 Å². The first-order valence-electron chi connectivity index (χ1n) is 6.83. The van der Waals surface area contributed by atoms with E-state index in [9.17, 15) is 4.79 Å². The van der Waals surface area contributed by atoms with Crippen molar-refractivity contribution in [2.75, 3.05) is 0 Å². The maximum atomic E-state index is 11.7. The molecule has 0 N–H and O–H groups in total. The van der Waals surface area contributed by atoms with Crippen molar-refractivity contribution in [2.24, 2.45) is 5.41 Å². The number of carbonyl (C=O) groups is 1. The number of ether oxygens (including phenoxy) is 1. The van der Waals surface area contributed by atoms with Gasteiger partial charge in [-0.3, -0.25) is 4.79 Å². The summed E-state index contributed by atoms with van der Waals surface area (Å²) in [5.74, 6) is 0.681. The van der Waals surface area contributed by atoms with E-state index in [0.29, 0.717) is 0 Å². The van der Waals surface area contributed by atoms with Gasteiger partial charge in [0, 0.05) is 6.42 Å². The molecule has 0 amide bonds. The minimum atomic E-state index is -0.420. The molecule has 0 atom stereocenters. The maximum absolute atomic E-state index is 11.7. The lowest BCUT2D eigenvalue weighted by atomic mass is 9.97. The Kier molecular flexibility index (Phi) is 7.94. The largest absolute Gasteiger partial charge is 0.431 e. The zero-order chi connectivity index (χ0) is 13.3. The number of esters is 1. The van der Waals surface area contributed by atoms with Gasteiger partial charge in [-0.2, -0.15) is 0 Å². The molecule has 0 spiro atoms. The molecule has 0 aliphatic heterocycles. The molecule has 0 bridgehead atoms. The molecule has 0 radical (unpaired) electrons. The Bertz CT molecular complexity index is 246. The van der Waals surface area contributed by atoms with Crippen molar-refractivity contribution in [3.63, 3.8) is 0 Å². The molecule has 0 fully saturated rings. The van der Waals surface area contributed by atoms with Crippen molar-refractivity contribution in [2.45, 2.75) is 73.1 Å². The summed E-state index contributed by atoms with van der Waals surface area (Å²) in [5.41, 5.74) is -0.420. The van der Waals surface area contributed by atoms with Crippen LogP contribution in [0.4, 0.5) is 0 Å². The molecular weight excluding hydrogens is 212 g/mol. The van der Waals surface area contributed by atoms with E-state index in [1.54, 1.807) is 0 Å². The van der Waals surface area contributed by atoms with Crippen molar-refractivity contribution in [3.05, 3.63) is 11.8 Å². The molecule has 0 aromatic heterocycles. The molecule has 0 saturated carbocycles. The second-order valence-electron chi connectivity index (χ2n) is 5.51. The van der Waals surface area contributed by atoms with E-state index >= 15 is 0 Å². The van der Waals surface area contributed by atoms with Crippen molar-refractivity contribution in [1.82, 2.24) is 0 Å². The minimum absolute atomic E-state index is 0.140. The molecular formula is C15H28O2. The molecule has 0 aromatic rings. The van der Waals surface area contributed by atoms with E-state index in [-0.39, 0.29) is 5.97 Å². The zero-order valence-corrected chi connectivity index (χ0v) is 12.1. The van der Waals surface area contributed by atoms with Gasteiger partial charge in [0.25, 0.3) is 0 Å². The molecule has 0 aromatic carbocycles. The van der Waals surface area contributed by atoms with E-state index in [4.69, 9.17) is 4.74 Å². The summed E-state index contributed by atoms with van der Waals surface area (Å²) in [6.45, 7) is 9.86. The Morgan fingerprint density at radius 2 is 1.76 bits per heavy atom. The highest BCUT2D eigenvalue weighted by molar-refractivity contribution is 5.76. The fourth-order valence-electron chi connectivity index (χ4n) is 1.36. The molecule has 2 nitrogen and oxygen atoms in total.